The van der Waals surface area contributed by atoms with Crippen LogP contribution in [0, 0.1) is 10.1 Å². The molecule has 0 aliphatic heterocycles. The SMILES string of the molecule is O=[N+]([O-])c1ccccc1OC/C=C\SC(F)(F)F. The first-order chi connectivity index (χ1) is 8.40. The highest BCUT2D eigenvalue weighted by molar-refractivity contribution is 8.02. The lowest BCUT2D eigenvalue weighted by Crippen LogP contribution is -1.99. The van der Waals surface area contributed by atoms with Crippen molar-refractivity contribution in [1.82, 2.24) is 0 Å². The van der Waals surface area contributed by atoms with Gasteiger partial charge in [0.25, 0.3) is 0 Å². The number of ether oxygens (including phenoxy) is 1. The first-order valence-corrected chi connectivity index (χ1v) is 5.54. The van der Waals surface area contributed by atoms with Crippen molar-refractivity contribution >= 4 is 17.4 Å². The fourth-order valence-electron chi connectivity index (χ4n) is 1.03. The largest absolute Gasteiger partial charge is 0.483 e. The quantitative estimate of drug-likeness (QED) is 0.608. The number of nitrogens with zero attached hydrogens (tertiary/aromatic N) is 1. The van der Waals surface area contributed by atoms with E-state index in [1.165, 1.54) is 24.3 Å². The third-order valence-corrected chi connectivity index (χ3v) is 2.29. The van der Waals surface area contributed by atoms with Crippen LogP contribution >= 0.6 is 11.8 Å². The molecule has 0 saturated carbocycles. The van der Waals surface area contributed by atoms with Gasteiger partial charge in [-0.1, -0.05) is 12.1 Å². The Bertz CT molecular complexity index is 448. The summed E-state index contributed by atoms with van der Waals surface area (Å²) in [6, 6.07) is 5.64. The Kier molecular flexibility index (Phi) is 5.02. The van der Waals surface area contributed by atoms with Crippen molar-refractivity contribution in [3.63, 3.8) is 0 Å². The van der Waals surface area contributed by atoms with Crippen molar-refractivity contribution in [2.75, 3.05) is 6.61 Å². The van der Waals surface area contributed by atoms with Crippen LogP contribution in [-0.4, -0.2) is 17.0 Å². The fourth-order valence-corrected chi connectivity index (χ4v) is 1.36. The van der Waals surface area contributed by atoms with E-state index in [1.54, 1.807) is 0 Å². The third kappa shape index (κ3) is 5.09. The number of para-hydroxylation sites is 2. The maximum atomic E-state index is 11.8. The van der Waals surface area contributed by atoms with Gasteiger partial charge in [0.1, 0.15) is 6.61 Å². The van der Waals surface area contributed by atoms with E-state index < -0.39 is 10.4 Å². The molecule has 1 aromatic rings. The Hall–Kier alpha value is -1.70. The van der Waals surface area contributed by atoms with Crippen LogP contribution in [-0.2, 0) is 0 Å². The first kappa shape index (κ1) is 14.4. The average molecular weight is 279 g/mol. The van der Waals surface area contributed by atoms with Crippen molar-refractivity contribution < 1.29 is 22.8 Å². The third-order valence-electron chi connectivity index (χ3n) is 1.69. The molecule has 0 radical (unpaired) electrons. The number of benzene rings is 1. The van der Waals surface area contributed by atoms with E-state index in [1.807, 2.05) is 0 Å². The molecule has 0 N–H and O–H groups in total. The number of rotatable bonds is 5. The van der Waals surface area contributed by atoms with Gasteiger partial charge in [0, 0.05) is 6.07 Å². The van der Waals surface area contributed by atoms with Crippen LogP contribution in [0.2, 0.25) is 0 Å². The van der Waals surface area contributed by atoms with Gasteiger partial charge < -0.3 is 4.74 Å². The molecule has 98 valence electrons. The zero-order valence-electron chi connectivity index (χ0n) is 8.89. The van der Waals surface area contributed by atoms with E-state index in [9.17, 15) is 23.3 Å². The van der Waals surface area contributed by atoms with Gasteiger partial charge in [0.15, 0.2) is 5.75 Å². The van der Waals surface area contributed by atoms with Crippen molar-refractivity contribution in [2.24, 2.45) is 0 Å². The van der Waals surface area contributed by atoms with E-state index in [2.05, 4.69) is 0 Å². The van der Waals surface area contributed by atoms with Gasteiger partial charge in [0.05, 0.1) is 4.92 Å². The lowest BCUT2D eigenvalue weighted by Gasteiger charge is -2.03. The summed E-state index contributed by atoms with van der Waals surface area (Å²) in [6.07, 6.45) is 1.13. The average Bonchev–Trinajstić information content (AvgIpc) is 2.27. The zero-order chi connectivity index (χ0) is 13.6. The summed E-state index contributed by atoms with van der Waals surface area (Å²) >= 11 is -0.315. The lowest BCUT2D eigenvalue weighted by molar-refractivity contribution is -0.385. The minimum absolute atomic E-state index is 0.0177. The summed E-state index contributed by atoms with van der Waals surface area (Å²) in [5.41, 5.74) is -4.57. The molecule has 0 atom stereocenters. The minimum atomic E-state index is -4.34. The number of nitro groups is 1. The number of alkyl halides is 3. The summed E-state index contributed by atoms with van der Waals surface area (Å²) in [5, 5.41) is 11.4. The summed E-state index contributed by atoms with van der Waals surface area (Å²) in [7, 11) is 0. The summed E-state index contributed by atoms with van der Waals surface area (Å²) in [4.78, 5) is 9.98. The zero-order valence-corrected chi connectivity index (χ0v) is 9.70. The highest BCUT2D eigenvalue weighted by Gasteiger charge is 2.26. The number of halogens is 3. The summed E-state index contributed by atoms with van der Waals surface area (Å²) in [5.74, 6) is 0.0177. The van der Waals surface area contributed by atoms with Crippen molar-refractivity contribution in [2.45, 2.75) is 5.51 Å². The fraction of sp³-hybridized carbons (Fsp3) is 0.200. The monoisotopic (exact) mass is 279 g/mol. The molecular weight excluding hydrogens is 271 g/mol. The molecule has 0 saturated heterocycles. The molecule has 4 nitrogen and oxygen atoms in total. The summed E-state index contributed by atoms with van der Waals surface area (Å²) in [6.45, 7) is -0.173. The molecule has 0 amide bonds. The second kappa shape index (κ2) is 6.29. The molecule has 0 fully saturated rings. The number of hydrogen-bond donors (Lipinski definition) is 0. The molecule has 1 aromatic carbocycles. The standard InChI is InChI=1S/C10H8F3NO3S/c11-10(12,13)18-7-3-6-17-9-5-2-1-4-8(9)14(15)16/h1-5,7H,6H2/b7-3-. The van der Waals surface area contributed by atoms with Gasteiger partial charge in [-0.2, -0.15) is 13.2 Å². The number of hydrogen-bond acceptors (Lipinski definition) is 4. The molecule has 18 heavy (non-hydrogen) atoms. The Labute approximate surface area is 105 Å². The molecular formula is C10H8F3NO3S. The van der Waals surface area contributed by atoms with Crippen molar-refractivity contribution in [1.29, 1.82) is 0 Å². The molecule has 0 bridgehead atoms. The van der Waals surface area contributed by atoms with Crippen LogP contribution in [0.5, 0.6) is 5.75 Å². The topological polar surface area (TPSA) is 52.4 Å². The van der Waals surface area contributed by atoms with Crippen molar-refractivity contribution in [3.05, 3.63) is 45.9 Å². The molecule has 0 aliphatic rings. The predicted octanol–water partition coefficient (Wildman–Crippen LogP) is 3.74. The second-order valence-corrected chi connectivity index (χ2v) is 3.94. The van der Waals surface area contributed by atoms with Crippen LogP contribution in [0.15, 0.2) is 35.7 Å². The molecule has 0 heterocycles. The Morgan fingerprint density at radius 2 is 2.06 bits per heavy atom. The van der Waals surface area contributed by atoms with Crippen LogP contribution < -0.4 is 4.74 Å². The van der Waals surface area contributed by atoms with E-state index in [-0.39, 0.29) is 29.8 Å². The molecule has 1 rings (SSSR count). The van der Waals surface area contributed by atoms with Crippen LogP contribution in [0.1, 0.15) is 0 Å². The van der Waals surface area contributed by atoms with Gasteiger partial charge in [-0.15, -0.1) is 0 Å². The van der Waals surface area contributed by atoms with E-state index in [0.29, 0.717) is 0 Å². The van der Waals surface area contributed by atoms with Gasteiger partial charge in [-0.3, -0.25) is 10.1 Å². The van der Waals surface area contributed by atoms with Crippen LogP contribution in [0.25, 0.3) is 0 Å². The van der Waals surface area contributed by atoms with Gasteiger partial charge >= 0.3 is 11.2 Å². The smallest absolute Gasteiger partial charge is 0.445 e. The van der Waals surface area contributed by atoms with Crippen LogP contribution in [0.3, 0.4) is 0 Å². The van der Waals surface area contributed by atoms with Gasteiger partial charge in [-0.05, 0) is 29.3 Å². The molecule has 0 aromatic heterocycles. The van der Waals surface area contributed by atoms with Gasteiger partial charge in [0.2, 0.25) is 0 Å². The number of nitro benzene ring substituents is 1. The second-order valence-electron chi connectivity index (χ2n) is 2.97. The predicted molar refractivity (Wildman–Crippen MR) is 61.4 cm³/mol. The molecule has 0 spiro atoms. The summed E-state index contributed by atoms with van der Waals surface area (Å²) < 4.78 is 40.3. The molecule has 8 heteroatoms. The van der Waals surface area contributed by atoms with Gasteiger partial charge in [-0.25, -0.2) is 0 Å². The van der Waals surface area contributed by atoms with Crippen LogP contribution in [0.4, 0.5) is 18.9 Å². The molecule has 0 aliphatic carbocycles. The highest BCUT2D eigenvalue weighted by Crippen LogP contribution is 2.31. The first-order valence-electron chi connectivity index (χ1n) is 4.66. The normalized spacial score (nSPS) is 11.7. The Morgan fingerprint density at radius 1 is 1.39 bits per heavy atom. The Morgan fingerprint density at radius 3 is 2.67 bits per heavy atom. The maximum Gasteiger partial charge on any atom is 0.445 e. The maximum absolute atomic E-state index is 11.8. The van der Waals surface area contributed by atoms with E-state index >= 15 is 0 Å². The minimum Gasteiger partial charge on any atom is -0.483 e. The lowest BCUT2D eigenvalue weighted by atomic mass is 10.3. The molecule has 0 unspecified atom stereocenters. The van der Waals surface area contributed by atoms with E-state index in [0.717, 1.165) is 11.5 Å². The highest BCUT2D eigenvalue weighted by atomic mass is 32.2. The van der Waals surface area contributed by atoms with Crippen molar-refractivity contribution in [3.8, 4) is 5.75 Å². The van der Waals surface area contributed by atoms with E-state index in [4.69, 9.17) is 4.74 Å². The Balaban J connectivity index is 2.52. The number of thioether (sulfide) groups is 1.